The van der Waals surface area contributed by atoms with Gasteiger partial charge in [-0.1, -0.05) is 43.2 Å². The molecule has 0 aromatic heterocycles. The van der Waals surface area contributed by atoms with Gasteiger partial charge < -0.3 is 10.6 Å². The first kappa shape index (κ1) is 16.3. The third-order valence-electron chi connectivity index (χ3n) is 3.15. The number of halogens is 1. The van der Waals surface area contributed by atoms with Crippen LogP contribution in [0.2, 0.25) is 0 Å². The fraction of sp³-hybridized carbons (Fsp3) is 0.533. The van der Waals surface area contributed by atoms with Gasteiger partial charge in [0.1, 0.15) is 0 Å². The van der Waals surface area contributed by atoms with Gasteiger partial charge in [-0.2, -0.15) is 0 Å². The lowest BCUT2D eigenvalue weighted by Crippen LogP contribution is -2.37. The first-order chi connectivity index (χ1) is 8.88. The minimum Gasteiger partial charge on any atom is -0.357 e. The van der Waals surface area contributed by atoms with E-state index in [1.54, 1.807) is 0 Å². The van der Waals surface area contributed by atoms with Gasteiger partial charge in [-0.25, -0.2) is 4.99 Å². The van der Waals surface area contributed by atoms with Crippen molar-refractivity contribution >= 4 is 29.9 Å². The van der Waals surface area contributed by atoms with Crippen LogP contribution in [0.4, 0.5) is 0 Å². The van der Waals surface area contributed by atoms with E-state index in [9.17, 15) is 0 Å². The van der Waals surface area contributed by atoms with Gasteiger partial charge in [-0.05, 0) is 24.8 Å². The second kappa shape index (κ2) is 9.18. The number of aliphatic imine (C=N–C) groups is 1. The second-order valence-electron chi connectivity index (χ2n) is 4.84. The van der Waals surface area contributed by atoms with Gasteiger partial charge in [0.2, 0.25) is 0 Å². The molecule has 1 fully saturated rings. The monoisotopic (exact) mass is 373 g/mol. The van der Waals surface area contributed by atoms with Crippen molar-refractivity contribution < 1.29 is 0 Å². The minimum absolute atomic E-state index is 0. The van der Waals surface area contributed by atoms with Crippen LogP contribution in [0.5, 0.6) is 0 Å². The van der Waals surface area contributed by atoms with Crippen molar-refractivity contribution in [3.8, 4) is 0 Å². The highest BCUT2D eigenvalue weighted by atomic mass is 127. The van der Waals surface area contributed by atoms with E-state index in [-0.39, 0.29) is 24.0 Å². The van der Waals surface area contributed by atoms with Crippen LogP contribution >= 0.6 is 24.0 Å². The summed E-state index contributed by atoms with van der Waals surface area (Å²) in [5.74, 6) is 1.90. The zero-order valence-electron chi connectivity index (χ0n) is 11.6. The average molecular weight is 373 g/mol. The smallest absolute Gasteiger partial charge is 0.191 e. The molecule has 0 radical (unpaired) electrons. The molecule has 0 heterocycles. The van der Waals surface area contributed by atoms with Gasteiger partial charge in [-0.15, -0.1) is 24.0 Å². The lowest BCUT2D eigenvalue weighted by Gasteiger charge is -2.10. The summed E-state index contributed by atoms with van der Waals surface area (Å²) in [5, 5.41) is 6.69. The minimum atomic E-state index is 0. The SMILES string of the molecule is CCNC(=NCc1ccccc1)NCCC1CC1.I. The third kappa shape index (κ3) is 6.80. The van der Waals surface area contributed by atoms with Gasteiger partial charge in [0, 0.05) is 13.1 Å². The molecule has 1 saturated carbocycles. The molecule has 1 aliphatic rings. The summed E-state index contributed by atoms with van der Waals surface area (Å²) in [5.41, 5.74) is 1.25. The Labute approximate surface area is 133 Å². The molecule has 1 aromatic rings. The van der Waals surface area contributed by atoms with Crippen molar-refractivity contribution in [1.82, 2.24) is 10.6 Å². The molecule has 0 bridgehead atoms. The molecular weight excluding hydrogens is 349 g/mol. The molecular formula is C15H24IN3. The van der Waals surface area contributed by atoms with Gasteiger partial charge >= 0.3 is 0 Å². The van der Waals surface area contributed by atoms with Crippen LogP contribution in [0.1, 0.15) is 31.7 Å². The molecule has 0 saturated heterocycles. The van der Waals surface area contributed by atoms with Crippen molar-refractivity contribution in [3.63, 3.8) is 0 Å². The summed E-state index contributed by atoms with van der Waals surface area (Å²) in [7, 11) is 0. The Kier molecular flexibility index (Phi) is 7.86. The number of nitrogens with zero attached hydrogens (tertiary/aromatic N) is 1. The summed E-state index contributed by atoms with van der Waals surface area (Å²) >= 11 is 0. The maximum atomic E-state index is 4.60. The Balaban J connectivity index is 0.00000180. The molecule has 3 nitrogen and oxygen atoms in total. The molecule has 2 N–H and O–H groups in total. The summed E-state index contributed by atoms with van der Waals surface area (Å²) in [6, 6.07) is 10.4. The third-order valence-corrected chi connectivity index (χ3v) is 3.15. The van der Waals surface area contributed by atoms with Crippen molar-refractivity contribution in [2.24, 2.45) is 10.9 Å². The first-order valence-electron chi connectivity index (χ1n) is 6.94. The highest BCUT2D eigenvalue weighted by molar-refractivity contribution is 14.0. The Morgan fingerprint density at radius 2 is 1.95 bits per heavy atom. The van der Waals surface area contributed by atoms with Crippen LogP contribution in [0, 0.1) is 5.92 Å². The summed E-state index contributed by atoms with van der Waals surface area (Å²) < 4.78 is 0. The first-order valence-corrected chi connectivity index (χ1v) is 6.94. The molecule has 0 aliphatic heterocycles. The predicted molar refractivity (Wildman–Crippen MR) is 92.0 cm³/mol. The van der Waals surface area contributed by atoms with E-state index >= 15 is 0 Å². The lowest BCUT2D eigenvalue weighted by atomic mass is 10.2. The fourth-order valence-electron chi connectivity index (χ4n) is 1.90. The van der Waals surface area contributed by atoms with Gasteiger partial charge in [0.15, 0.2) is 5.96 Å². The summed E-state index contributed by atoms with van der Waals surface area (Å²) in [6.45, 7) is 4.77. The van der Waals surface area contributed by atoms with E-state index in [2.05, 4.69) is 46.8 Å². The topological polar surface area (TPSA) is 36.4 Å². The molecule has 0 atom stereocenters. The maximum Gasteiger partial charge on any atom is 0.191 e. The molecule has 0 amide bonds. The number of hydrogen-bond donors (Lipinski definition) is 2. The van der Waals surface area contributed by atoms with Crippen molar-refractivity contribution in [2.75, 3.05) is 13.1 Å². The molecule has 2 rings (SSSR count). The van der Waals surface area contributed by atoms with Gasteiger partial charge in [-0.3, -0.25) is 0 Å². The van der Waals surface area contributed by atoms with Crippen LogP contribution in [0.25, 0.3) is 0 Å². The summed E-state index contributed by atoms with van der Waals surface area (Å²) in [6.07, 6.45) is 4.11. The Hall–Kier alpha value is -0.780. The Morgan fingerprint density at radius 3 is 2.58 bits per heavy atom. The molecule has 1 aliphatic carbocycles. The normalized spacial score (nSPS) is 14.7. The van der Waals surface area contributed by atoms with Crippen LogP contribution < -0.4 is 10.6 Å². The molecule has 0 unspecified atom stereocenters. The largest absolute Gasteiger partial charge is 0.357 e. The van der Waals surface area contributed by atoms with Crippen LogP contribution in [-0.2, 0) is 6.54 Å². The van der Waals surface area contributed by atoms with E-state index in [1.165, 1.54) is 24.8 Å². The van der Waals surface area contributed by atoms with Crippen molar-refractivity contribution in [1.29, 1.82) is 0 Å². The number of benzene rings is 1. The fourth-order valence-corrected chi connectivity index (χ4v) is 1.90. The van der Waals surface area contributed by atoms with E-state index in [0.29, 0.717) is 0 Å². The molecule has 106 valence electrons. The molecule has 19 heavy (non-hydrogen) atoms. The lowest BCUT2D eigenvalue weighted by molar-refractivity contribution is 0.685. The Morgan fingerprint density at radius 1 is 1.21 bits per heavy atom. The van der Waals surface area contributed by atoms with Crippen molar-refractivity contribution in [2.45, 2.75) is 32.7 Å². The van der Waals surface area contributed by atoms with E-state index in [0.717, 1.165) is 31.5 Å². The van der Waals surface area contributed by atoms with Crippen LogP contribution in [0.15, 0.2) is 35.3 Å². The average Bonchev–Trinajstić information content (AvgIpc) is 3.21. The van der Waals surface area contributed by atoms with Crippen LogP contribution in [-0.4, -0.2) is 19.0 Å². The second-order valence-corrected chi connectivity index (χ2v) is 4.84. The molecule has 0 spiro atoms. The number of nitrogens with one attached hydrogen (secondary N) is 2. The zero-order chi connectivity index (χ0) is 12.6. The van der Waals surface area contributed by atoms with Gasteiger partial charge in [0.05, 0.1) is 6.54 Å². The number of guanidine groups is 1. The highest BCUT2D eigenvalue weighted by Crippen LogP contribution is 2.31. The maximum absolute atomic E-state index is 4.60. The predicted octanol–water partition coefficient (Wildman–Crippen LogP) is 3.16. The zero-order valence-corrected chi connectivity index (χ0v) is 13.9. The Bertz CT molecular complexity index is 374. The standard InChI is InChI=1S/C15H23N3.HI/c1-2-16-15(17-11-10-13-8-9-13)18-12-14-6-4-3-5-7-14;/h3-7,13H,2,8-12H2,1H3,(H2,16,17,18);1H. The number of rotatable bonds is 6. The summed E-state index contributed by atoms with van der Waals surface area (Å²) in [4.78, 5) is 4.60. The van der Waals surface area contributed by atoms with Crippen molar-refractivity contribution in [3.05, 3.63) is 35.9 Å². The number of hydrogen-bond acceptors (Lipinski definition) is 1. The van der Waals surface area contributed by atoms with E-state index in [1.807, 2.05) is 6.07 Å². The van der Waals surface area contributed by atoms with E-state index in [4.69, 9.17) is 0 Å². The van der Waals surface area contributed by atoms with Gasteiger partial charge in [0.25, 0.3) is 0 Å². The van der Waals surface area contributed by atoms with E-state index < -0.39 is 0 Å². The molecule has 1 aromatic carbocycles. The highest BCUT2D eigenvalue weighted by Gasteiger charge is 2.20. The van der Waals surface area contributed by atoms with Crippen LogP contribution in [0.3, 0.4) is 0 Å². The molecule has 4 heteroatoms. The quantitative estimate of drug-likeness (QED) is 0.457.